The van der Waals surface area contributed by atoms with E-state index in [9.17, 15) is 19.2 Å². The van der Waals surface area contributed by atoms with Crippen LogP contribution in [0, 0.1) is 0 Å². The molecule has 1 amide bonds. The number of amides is 1. The highest BCUT2D eigenvalue weighted by Crippen LogP contribution is 2.21. The van der Waals surface area contributed by atoms with Crippen LogP contribution in [0.15, 0.2) is 34.1 Å². The monoisotopic (exact) mass is 479 g/mol. The summed E-state index contributed by atoms with van der Waals surface area (Å²) >= 11 is 0. The molecule has 34 heavy (non-hydrogen) atoms. The number of carboxylic acids is 2. The number of H-pyrrole nitrogens is 1. The number of carbonyl (C=O) groups is 3. The minimum Gasteiger partial charge on any atom is -0.481 e. The number of fused-ring (bicyclic) bond motifs is 1. The number of nitrogens with two attached hydrogens (primary N) is 1. The Balaban J connectivity index is 0.00000289. The van der Waals surface area contributed by atoms with E-state index in [0.29, 0.717) is 30.3 Å². The fourth-order valence-electron chi connectivity index (χ4n) is 2.91. The standard InChI is InChI=1S/C19H21N7O6.2H2O/c20-19-25-15-14(17(30)26-19)23-11(8-22-15)7-21-10-3-1-9(2-4-10)16(29)24-12(18(31)32)5-6-13(27)28;;/h1-4,12,21H,5-8H2,(H,24,29)(H,27,28)(H,31,32)(H4,20,22,25,26,30);2*1H2. The zero-order valence-corrected chi connectivity index (χ0v) is 17.7. The highest BCUT2D eigenvalue weighted by molar-refractivity contribution is 5.98. The van der Waals surface area contributed by atoms with E-state index in [4.69, 9.17) is 15.9 Å². The van der Waals surface area contributed by atoms with Crippen molar-refractivity contribution in [3.8, 4) is 0 Å². The smallest absolute Gasteiger partial charge is 0.326 e. The molecule has 0 bridgehead atoms. The molecule has 0 saturated carbocycles. The van der Waals surface area contributed by atoms with Gasteiger partial charge in [0.05, 0.1) is 18.8 Å². The van der Waals surface area contributed by atoms with Gasteiger partial charge in [0, 0.05) is 17.7 Å². The van der Waals surface area contributed by atoms with Crippen LogP contribution >= 0.6 is 0 Å². The number of carboxylic acid groups (broad SMARTS) is 2. The normalized spacial score (nSPS) is 12.4. The minimum absolute atomic E-state index is 0. The van der Waals surface area contributed by atoms with Gasteiger partial charge in [-0.2, -0.15) is 4.98 Å². The number of aromatic nitrogens is 2. The lowest BCUT2D eigenvalue weighted by atomic mass is 10.1. The molecule has 0 spiro atoms. The molecule has 15 nitrogen and oxygen atoms in total. The molecule has 0 fully saturated rings. The van der Waals surface area contributed by atoms with Crippen molar-refractivity contribution in [2.45, 2.75) is 18.9 Å². The predicted octanol–water partition coefficient (Wildman–Crippen LogP) is -1.64. The molecule has 2 aromatic rings. The van der Waals surface area contributed by atoms with Crippen LogP contribution in [0.4, 0.5) is 23.1 Å². The number of benzene rings is 1. The first-order valence-electron chi connectivity index (χ1n) is 9.52. The van der Waals surface area contributed by atoms with Gasteiger partial charge in [-0.05, 0) is 30.7 Å². The topological polar surface area (TPSA) is 275 Å². The molecule has 1 aliphatic heterocycles. The van der Waals surface area contributed by atoms with Crippen molar-refractivity contribution in [1.82, 2.24) is 15.3 Å². The summed E-state index contributed by atoms with van der Waals surface area (Å²) in [5.74, 6) is -2.77. The summed E-state index contributed by atoms with van der Waals surface area (Å²) in [7, 11) is 0. The number of nitrogens with one attached hydrogen (secondary N) is 4. The third kappa shape index (κ3) is 7.01. The second-order valence-electron chi connectivity index (χ2n) is 6.91. The van der Waals surface area contributed by atoms with Crippen molar-refractivity contribution in [2.24, 2.45) is 4.99 Å². The molecule has 1 unspecified atom stereocenters. The Morgan fingerprint density at radius 1 is 1.15 bits per heavy atom. The van der Waals surface area contributed by atoms with Crippen molar-refractivity contribution in [2.75, 3.05) is 29.5 Å². The van der Waals surface area contributed by atoms with E-state index >= 15 is 0 Å². The van der Waals surface area contributed by atoms with Gasteiger partial charge in [-0.1, -0.05) is 0 Å². The van der Waals surface area contributed by atoms with Gasteiger partial charge in [0.1, 0.15) is 6.04 Å². The second kappa shape index (κ2) is 11.9. The van der Waals surface area contributed by atoms with Gasteiger partial charge < -0.3 is 42.8 Å². The van der Waals surface area contributed by atoms with Crippen LogP contribution in [0.1, 0.15) is 23.2 Å². The Morgan fingerprint density at radius 3 is 2.44 bits per heavy atom. The molecule has 2 heterocycles. The number of anilines is 3. The molecule has 1 aliphatic rings. The van der Waals surface area contributed by atoms with Crippen LogP contribution in [0.2, 0.25) is 0 Å². The molecule has 0 radical (unpaired) electrons. The minimum atomic E-state index is -1.31. The van der Waals surface area contributed by atoms with Crippen LogP contribution in [-0.4, -0.2) is 73.8 Å². The third-order valence-electron chi connectivity index (χ3n) is 4.54. The maximum absolute atomic E-state index is 12.3. The number of aliphatic carboxylic acids is 2. The number of hydrogen-bond donors (Lipinski definition) is 7. The maximum Gasteiger partial charge on any atom is 0.326 e. The summed E-state index contributed by atoms with van der Waals surface area (Å²) in [6, 6.07) is 4.95. The third-order valence-corrected chi connectivity index (χ3v) is 4.54. The van der Waals surface area contributed by atoms with Crippen LogP contribution in [-0.2, 0) is 9.59 Å². The van der Waals surface area contributed by atoms with Gasteiger partial charge in [-0.25, -0.2) is 9.79 Å². The Labute approximate surface area is 191 Å². The summed E-state index contributed by atoms with van der Waals surface area (Å²) in [5, 5.41) is 26.2. The number of hydrogen-bond acceptors (Lipinski definition) is 9. The largest absolute Gasteiger partial charge is 0.481 e. The molecule has 184 valence electrons. The van der Waals surface area contributed by atoms with Crippen LogP contribution < -0.4 is 27.2 Å². The molecule has 1 aromatic carbocycles. The lowest BCUT2D eigenvalue weighted by Crippen LogP contribution is -2.41. The van der Waals surface area contributed by atoms with E-state index in [1.807, 2.05) is 0 Å². The molecule has 15 heteroatoms. The van der Waals surface area contributed by atoms with Crippen LogP contribution in [0.5, 0.6) is 0 Å². The maximum atomic E-state index is 12.3. The SMILES string of the molecule is Nc1nc2c(c(=O)[nH]1)N=C(CNc1ccc(C(=O)NC(CCC(=O)O)C(=O)O)cc1)CN2.O.O. The van der Waals surface area contributed by atoms with Crippen molar-refractivity contribution in [1.29, 1.82) is 0 Å². The quantitative estimate of drug-likeness (QED) is 0.215. The summed E-state index contributed by atoms with van der Waals surface area (Å²) < 4.78 is 0. The van der Waals surface area contributed by atoms with Crippen molar-refractivity contribution >= 4 is 46.7 Å². The summed E-state index contributed by atoms with van der Waals surface area (Å²) in [5.41, 5.74) is 6.74. The van der Waals surface area contributed by atoms with Gasteiger partial charge >= 0.3 is 11.9 Å². The van der Waals surface area contributed by atoms with Crippen LogP contribution in [0.3, 0.4) is 0 Å². The van der Waals surface area contributed by atoms with E-state index in [-0.39, 0.29) is 41.0 Å². The van der Waals surface area contributed by atoms with E-state index in [1.54, 1.807) is 12.1 Å². The van der Waals surface area contributed by atoms with Gasteiger partial charge in [0.2, 0.25) is 5.95 Å². The lowest BCUT2D eigenvalue weighted by Gasteiger charge is -2.17. The Bertz CT molecular complexity index is 1130. The number of nitrogens with zero attached hydrogens (tertiary/aromatic N) is 2. The average Bonchev–Trinajstić information content (AvgIpc) is 2.75. The highest BCUT2D eigenvalue weighted by Gasteiger charge is 2.21. The first kappa shape index (κ1) is 27.5. The van der Waals surface area contributed by atoms with Crippen LogP contribution in [0.25, 0.3) is 0 Å². The summed E-state index contributed by atoms with van der Waals surface area (Å²) in [6.45, 7) is 0.682. The van der Waals surface area contributed by atoms with Gasteiger partial charge in [0.25, 0.3) is 11.5 Å². The molecule has 1 atom stereocenters. The fraction of sp³-hybridized carbons (Fsp3) is 0.263. The molecule has 0 saturated heterocycles. The molecule has 0 aliphatic carbocycles. The Morgan fingerprint density at radius 2 is 1.82 bits per heavy atom. The Hall–Kier alpha value is -4.50. The van der Waals surface area contributed by atoms with Crippen molar-refractivity contribution < 1.29 is 35.5 Å². The fourth-order valence-corrected chi connectivity index (χ4v) is 2.91. The number of carbonyl (C=O) groups excluding carboxylic acids is 1. The van der Waals surface area contributed by atoms with Gasteiger partial charge in [0.15, 0.2) is 11.5 Å². The van der Waals surface area contributed by atoms with E-state index in [2.05, 4.69) is 30.9 Å². The summed E-state index contributed by atoms with van der Waals surface area (Å²) in [4.78, 5) is 56.7. The summed E-state index contributed by atoms with van der Waals surface area (Å²) in [6.07, 6.45) is -0.598. The van der Waals surface area contributed by atoms with E-state index in [1.165, 1.54) is 12.1 Å². The number of rotatable bonds is 9. The van der Waals surface area contributed by atoms with Crippen molar-refractivity contribution in [3.63, 3.8) is 0 Å². The zero-order valence-electron chi connectivity index (χ0n) is 17.7. The highest BCUT2D eigenvalue weighted by atomic mass is 16.4. The van der Waals surface area contributed by atoms with Crippen molar-refractivity contribution in [3.05, 3.63) is 40.2 Å². The average molecular weight is 479 g/mol. The number of aliphatic imine (C=N–C) groups is 1. The molecular weight excluding hydrogens is 454 g/mol. The first-order chi connectivity index (χ1) is 15.2. The molecule has 1 aromatic heterocycles. The van der Waals surface area contributed by atoms with Gasteiger partial charge in [-0.3, -0.25) is 19.4 Å². The lowest BCUT2D eigenvalue weighted by molar-refractivity contribution is -0.140. The number of nitrogen functional groups attached to an aromatic ring is 1. The zero-order chi connectivity index (χ0) is 23.3. The van der Waals surface area contributed by atoms with Gasteiger partial charge in [-0.15, -0.1) is 0 Å². The second-order valence-corrected chi connectivity index (χ2v) is 6.91. The molecule has 3 rings (SSSR count). The first-order valence-corrected chi connectivity index (χ1v) is 9.52. The molecular formula is C19H25N7O8. The van der Waals surface area contributed by atoms with E-state index < -0.39 is 29.4 Å². The predicted molar refractivity (Wildman–Crippen MR) is 123 cm³/mol. The van der Waals surface area contributed by atoms with E-state index in [0.717, 1.165) is 0 Å². The molecule has 12 N–H and O–H groups in total. The Kier molecular flexibility index (Phi) is 9.66. The number of aromatic amines is 1.